The number of H-pyrrole nitrogens is 1. The van der Waals surface area contributed by atoms with Crippen molar-refractivity contribution in [1.29, 1.82) is 0 Å². The van der Waals surface area contributed by atoms with Gasteiger partial charge in [-0.25, -0.2) is 4.98 Å². The van der Waals surface area contributed by atoms with Gasteiger partial charge in [0.15, 0.2) is 0 Å². The van der Waals surface area contributed by atoms with Crippen LogP contribution in [0.3, 0.4) is 0 Å². The van der Waals surface area contributed by atoms with Crippen LogP contribution >= 0.6 is 23.2 Å². The van der Waals surface area contributed by atoms with E-state index in [0.29, 0.717) is 16.6 Å². The maximum atomic E-state index is 5.94. The second-order valence-corrected chi connectivity index (χ2v) is 5.08. The molecule has 0 fully saturated rings. The van der Waals surface area contributed by atoms with Gasteiger partial charge in [-0.1, -0.05) is 29.3 Å². The van der Waals surface area contributed by atoms with E-state index in [2.05, 4.69) is 15.3 Å². The Morgan fingerprint density at radius 2 is 1.89 bits per heavy atom. The number of hydrogen-bond donors (Lipinski definition) is 2. The summed E-state index contributed by atoms with van der Waals surface area (Å²) in [4.78, 5) is 7.71. The fourth-order valence-electron chi connectivity index (χ4n) is 1.90. The van der Waals surface area contributed by atoms with Crippen molar-refractivity contribution in [2.45, 2.75) is 6.54 Å². The molecule has 1 aromatic heterocycles. The van der Waals surface area contributed by atoms with Crippen LogP contribution in [0, 0.1) is 0 Å². The van der Waals surface area contributed by atoms with E-state index in [-0.39, 0.29) is 0 Å². The number of rotatable bonds is 3. The van der Waals surface area contributed by atoms with Gasteiger partial charge in [-0.15, -0.1) is 0 Å². The highest BCUT2D eigenvalue weighted by Gasteiger charge is 2.03. The first-order chi connectivity index (χ1) is 9.20. The van der Waals surface area contributed by atoms with Crippen LogP contribution in [-0.4, -0.2) is 9.97 Å². The van der Waals surface area contributed by atoms with Gasteiger partial charge in [0.2, 0.25) is 0 Å². The first-order valence-electron chi connectivity index (χ1n) is 5.84. The van der Waals surface area contributed by atoms with Crippen LogP contribution in [-0.2, 0) is 6.54 Å². The van der Waals surface area contributed by atoms with Crippen molar-refractivity contribution in [3.63, 3.8) is 0 Å². The summed E-state index contributed by atoms with van der Waals surface area (Å²) in [5.41, 5.74) is 2.81. The van der Waals surface area contributed by atoms with Gasteiger partial charge < -0.3 is 10.3 Å². The molecule has 2 aromatic carbocycles. The fourth-order valence-corrected chi connectivity index (χ4v) is 2.27. The highest BCUT2D eigenvalue weighted by Crippen LogP contribution is 2.18. The smallest absolute Gasteiger partial charge is 0.126 e. The molecule has 0 amide bonds. The van der Waals surface area contributed by atoms with Crippen LogP contribution < -0.4 is 5.32 Å². The average Bonchev–Trinajstić information content (AvgIpc) is 2.78. The molecule has 3 nitrogen and oxygen atoms in total. The Bertz CT molecular complexity index is 722. The van der Waals surface area contributed by atoms with Crippen LogP contribution in [0.1, 0.15) is 5.82 Å². The number of benzene rings is 2. The molecule has 0 saturated carbocycles. The van der Waals surface area contributed by atoms with Crippen LogP contribution in [0.5, 0.6) is 0 Å². The minimum absolute atomic E-state index is 0.604. The van der Waals surface area contributed by atoms with E-state index in [1.54, 1.807) is 0 Å². The third kappa shape index (κ3) is 2.83. The second kappa shape index (κ2) is 5.11. The Labute approximate surface area is 120 Å². The summed E-state index contributed by atoms with van der Waals surface area (Å²) in [7, 11) is 0. The minimum Gasteiger partial charge on any atom is -0.378 e. The summed E-state index contributed by atoms with van der Waals surface area (Å²) in [5.74, 6) is 0.859. The van der Waals surface area contributed by atoms with Crippen LogP contribution in [0.4, 0.5) is 5.69 Å². The Kier molecular flexibility index (Phi) is 3.32. The molecule has 0 spiro atoms. The lowest BCUT2D eigenvalue weighted by molar-refractivity contribution is 1.01. The third-order valence-corrected chi connectivity index (χ3v) is 3.25. The lowest BCUT2D eigenvalue weighted by Crippen LogP contribution is -2.00. The molecule has 5 heteroatoms. The zero-order valence-electron chi connectivity index (χ0n) is 9.95. The van der Waals surface area contributed by atoms with E-state index in [9.17, 15) is 0 Å². The van der Waals surface area contributed by atoms with E-state index < -0.39 is 0 Å². The predicted molar refractivity (Wildman–Crippen MR) is 79.9 cm³/mol. The first kappa shape index (κ1) is 12.3. The molecule has 0 unspecified atom stereocenters. The highest BCUT2D eigenvalue weighted by molar-refractivity contribution is 6.31. The fraction of sp³-hybridized carbons (Fsp3) is 0.0714. The third-order valence-electron chi connectivity index (χ3n) is 2.78. The average molecular weight is 292 g/mol. The van der Waals surface area contributed by atoms with Crippen LogP contribution in [0.25, 0.3) is 11.0 Å². The van der Waals surface area contributed by atoms with E-state index in [4.69, 9.17) is 23.2 Å². The second-order valence-electron chi connectivity index (χ2n) is 4.21. The number of hydrogen-bond acceptors (Lipinski definition) is 2. The number of fused-ring (bicyclic) bond motifs is 1. The number of nitrogens with one attached hydrogen (secondary N) is 2. The van der Waals surface area contributed by atoms with Crippen LogP contribution in [0.2, 0.25) is 10.0 Å². The molecule has 19 heavy (non-hydrogen) atoms. The Hall–Kier alpha value is -1.71. The Morgan fingerprint density at radius 3 is 2.74 bits per heavy atom. The topological polar surface area (TPSA) is 40.7 Å². The van der Waals surface area contributed by atoms with Gasteiger partial charge in [-0.05, 0) is 36.4 Å². The van der Waals surface area contributed by atoms with E-state index in [1.165, 1.54) is 0 Å². The van der Waals surface area contributed by atoms with Crippen molar-refractivity contribution in [2.75, 3.05) is 5.32 Å². The van der Waals surface area contributed by atoms with Gasteiger partial charge in [-0.3, -0.25) is 0 Å². The molecule has 3 rings (SSSR count). The maximum absolute atomic E-state index is 5.94. The van der Waals surface area contributed by atoms with Crippen molar-refractivity contribution in [3.8, 4) is 0 Å². The number of anilines is 1. The zero-order valence-corrected chi connectivity index (χ0v) is 11.5. The largest absolute Gasteiger partial charge is 0.378 e. The first-order valence-corrected chi connectivity index (χ1v) is 6.60. The normalized spacial score (nSPS) is 10.8. The van der Waals surface area contributed by atoms with Crippen molar-refractivity contribution >= 4 is 39.9 Å². The quantitative estimate of drug-likeness (QED) is 0.747. The molecular formula is C14H11Cl2N3. The molecular weight excluding hydrogens is 281 g/mol. The Morgan fingerprint density at radius 1 is 1.05 bits per heavy atom. The lowest BCUT2D eigenvalue weighted by atomic mass is 10.3. The molecule has 1 heterocycles. The molecule has 0 aliphatic rings. The molecule has 0 bridgehead atoms. The Balaban J connectivity index is 1.78. The molecule has 3 aromatic rings. The van der Waals surface area contributed by atoms with Gasteiger partial charge >= 0.3 is 0 Å². The number of halogens is 2. The zero-order chi connectivity index (χ0) is 13.2. The van der Waals surface area contributed by atoms with Gasteiger partial charge in [0.1, 0.15) is 5.82 Å². The summed E-state index contributed by atoms with van der Waals surface area (Å²) < 4.78 is 0. The molecule has 96 valence electrons. The summed E-state index contributed by atoms with van der Waals surface area (Å²) in [6.07, 6.45) is 0. The lowest BCUT2D eigenvalue weighted by Gasteiger charge is -2.04. The monoisotopic (exact) mass is 291 g/mol. The van der Waals surface area contributed by atoms with E-state index in [0.717, 1.165) is 22.5 Å². The van der Waals surface area contributed by atoms with Crippen LogP contribution in [0.15, 0.2) is 42.5 Å². The standard InChI is InChI=1S/C14H11Cl2N3/c15-9-2-1-3-11(6-9)17-8-14-18-12-5-4-10(16)7-13(12)19-14/h1-7,17H,8H2,(H,18,19). The molecule has 0 aliphatic heterocycles. The molecule has 2 N–H and O–H groups in total. The van der Waals surface area contributed by atoms with Crippen molar-refractivity contribution in [2.24, 2.45) is 0 Å². The summed E-state index contributed by atoms with van der Waals surface area (Å²) in [6.45, 7) is 0.604. The maximum Gasteiger partial charge on any atom is 0.126 e. The summed E-state index contributed by atoms with van der Waals surface area (Å²) >= 11 is 11.9. The number of aromatic amines is 1. The van der Waals surface area contributed by atoms with Gasteiger partial charge in [0, 0.05) is 15.7 Å². The summed E-state index contributed by atoms with van der Waals surface area (Å²) in [6, 6.07) is 13.2. The van der Waals surface area contributed by atoms with Crippen molar-refractivity contribution in [3.05, 3.63) is 58.3 Å². The molecule has 0 saturated heterocycles. The molecule has 0 atom stereocenters. The SMILES string of the molecule is Clc1cccc(NCc2nc3ccc(Cl)cc3[nH]2)c1. The van der Waals surface area contributed by atoms with E-state index in [1.807, 2.05) is 42.5 Å². The van der Waals surface area contributed by atoms with Gasteiger partial charge in [0.05, 0.1) is 17.6 Å². The summed E-state index contributed by atoms with van der Waals surface area (Å²) in [5, 5.41) is 4.68. The van der Waals surface area contributed by atoms with Crippen molar-refractivity contribution < 1.29 is 0 Å². The molecule has 0 radical (unpaired) electrons. The van der Waals surface area contributed by atoms with Gasteiger partial charge in [0.25, 0.3) is 0 Å². The van der Waals surface area contributed by atoms with E-state index >= 15 is 0 Å². The van der Waals surface area contributed by atoms with Crippen molar-refractivity contribution in [1.82, 2.24) is 9.97 Å². The number of aromatic nitrogens is 2. The molecule has 0 aliphatic carbocycles. The highest BCUT2D eigenvalue weighted by atomic mass is 35.5. The number of nitrogens with zero attached hydrogens (tertiary/aromatic N) is 1. The predicted octanol–water partition coefficient (Wildman–Crippen LogP) is 4.48. The van der Waals surface area contributed by atoms with Gasteiger partial charge in [-0.2, -0.15) is 0 Å². The minimum atomic E-state index is 0.604. The number of imidazole rings is 1.